The number of methoxy groups -OCH3 is 1. The molecule has 1 aliphatic carbocycles. The molecular weight excluding hydrogens is 1170 g/mol. The zero-order chi connectivity index (χ0) is 65.0. The third-order valence-corrected chi connectivity index (χ3v) is 17.7. The Morgan fingerprint density at radius 3 is 2.20 bits per heavy atom. The van der Waals surface area contributed by atoms with E-state index < -0.39 is 123 Å². The van der Waals surface area contributed by atoms with Crippen molar-refractivity contribution in [3.63, 3.8) is 0 Å². The molecule has 1 saturated carbocycles. The van der Waals surface area contributed by atoms with E-state index in [-0.39, 0.29) is 84.9 Å². The molecular formula is C63H73F3N8O15. The number of carboxylic acid groups (broad SMARTS) is 1. The van der Waals surface area contributed by atoms with Crippen LogP contribution in [0.15, 0.2) is 76.5 Å². The van der Waals surface area contributed by atoms with Crippen LogP contribution >= 0.6 is 0 Å². The standard InChI is InChI=1S/C43H58N4O12.C20H15F3N4O3/c1-21-12-11-13-22(2)42(55)45-33-28(20-44-47-17-15-46(9)16-18-47)37(52)30-31(38(33)53)36(51)26(6)40-32(30)41(54)43(8,59-40)57-19-14-29(56-10)23(3)39(58-27(7)48)25(5)35(50)24(4)34(21)49;21-8-1-2-15(13(22)3-8)27-7-12(20(29)30)17(28)9-4-14(23)19(25-18(9)27)26-5-10-11(6-26)16(10)24/h11-14,19-21,23-25,29,34-35,39,49-53H,15-18H2,1-10H3,(H,45,55);1-4,7,10-11,16H,5-6,24H2,(H,29,30)/b12-11+,19-14+,22-13-,44-20-;/t21-,23-,24-,25+,29+,34-,35+,39-,43+;10-,11+,16?/m1./s1. The molecule has 0 spiro atoms. The lowest BCUT2D eigenvalue weighted by atomic mass is 9.78. The summed E-state index contributed by atoms with van der Waals surface area (Å²) >= 11 is 0. The summed E-state index contributed by atoms with van der Waals surface area (Å²) in [5.74, 6) is -12.0. The number of aromatic nitrogens is 2. The minimum Gasteiger partial charge on any atom is -0.507 e. The van der Waals surface area contributed by atoms with Gasteiger partial charge >= 0.3 is 17.7 Å². The van der Waals surface area contributed by atoms with E-state index in [1.165, 1.54) is 59.4 Å². The summed E-state index contributed by atoms with van der Waals surface area (Å²) in [6.07, 6.45) is 5.77. The predicted octanol–water partition coefficient (Wildman–Crippen LogP) is 6.23. The number of carbonyl (C=O) groups excluding carboxylic acids is 3. The topological polar surface area (TPSA) is 322 Å². The van der Waals surface area contributed by atoms with Crippen LogP contribution < -0.4 is 26.1 Å². The Morgan fingerprint density at radius 1 is 0.899 bits per heavy atom. The lowest BCUT2D eigenvalue weighted by molar-refractivity contribution is -0.160. The van der Waals surface area contributed by atoms with Gasteiger partial charge in [0.05, 0.1) is 64.1 Å². The van der Waals surface area contributed by atoms with E-state index in [0.29, 0.717) is 32.2 Å². The Hall–Kier alpha value is -8.56. The molecule has 9 N–H and O–H groups in total. The maximum atomic E-state index is 14.8. The van der Waals surface area contributed by atoms with E-state index in [1.807, 2.05) is 7.05 Å². The van der Waals surface area contributed by atoms with Gasteiger partial charge in [0.15, 0.2) is 23.0 Å². The highest BCUT2D eigenvalue weighted by Gasteiger charge is 2.54. The van der Waals surface area contributed by atoms with Gasteiger partial charge in [-0.3, -0.25) is 28.8 Å². The number of carbonyl (C=O) groups is 4. The molecule has 5 aromatic rings. The number of anilines is 2. The lowest BCUT2D eigenvalue weighted by Gasteiger charge is -2.38. The number of hydrazone groups is 1. The number of hydrogen-bond donors (Lipinski definition) is 8. The van der Waals surface area contributed by atoms with Gasteiger partial charge in [0.25, 0.3) is 11.7 Å². The number of likely N-dealkylation sites (N-methyl/N-ethyl adjacent to an activating group) is 1. The molecule has 26 heteroatoms. The van der Waals surface area contributed by atoms with Crippen LogP contribution in [0.25, 0.3) is 27.5 Å². The van der Waals surface area contributed by atoms with Crippen molar-refractivity contribution < 1.29 is 81.9 Å². The summed E-state index contributed by atoms with van der Waals surface area (Å²) in [5, 5.41) is 75.9. The predicted molar refractivity (Wildman–Crippen MR) is 322 cm³/mol. The van der Waals surface area contributed by atoms with Crippen molar-refractivity contribution in [2.24, 2.45) is 46.3 Å². The summed E-state index contributed by atoms with van der Waals surface area (Å²) < 4.78 is 67.3. The summed E-state index contributed by atoms with van der Waals surface area (Å²) in [4.78, 5) is 72.7. The average Bonchev–Trinajstić information content (AvgIpc) is 1.78. The number of aliphatic hydroxyl groups excluding tert-OH is 2. The second-order valence-corrected chi connectivity index (χ2v) is 23.7. The Balaban J connectivity index is 0.000000260. The van der Waals surface area contributed by atoms with Gasteiger partial charge in [-0.1, -0.05) is 45.9 Å². The number of phenolic OH excluding ortho intramolecular Hbond substituents is 3. The van der Waals surface area contributed by atoms with Gasteiger partial charge in [0.2, 0.25) is 5.43 Å². The van der Waals surface area contributed by atoms with Crippen molar-refractivity contribution in [1.82, 2.24) is 19.5 Å². The number of nitrogens with zero attached hydrogens (tertiary/aromatic N) is 6. The molecule has 7 heterocycles. The molecule has 1 unspecified atom stereocenters. The maximum absolute atomic E-state index is 14.8. The van der Waals surface area contributed by atoms with Gasteiger partial charge in [-0.05, 0) is 57.0 Å². The smallest absolute Gasteiger partial charge is 0.341 e. The summed E-state index contributed by atoms with van der Waals surface area (Å²) in [6.45, 7) is 16.1. The average molecular weight is 1240 g/mol. The van der Waals surface area contributed by atoms with Gasteiger partial charge in [-0.2, -0.15) is 5.10 Å². The Labute approximate surface area is 509 Å². The molecule has 11 rings (SSSR count). The molecule has 23 nitrogen and oxygen atoms in total. The fourth-order valence-corrected chi connectivity index (χ4v) is 12.1. The molecule has 2 saturated heterocycles. The van der Waals surface area contributed by atoms with Crippen LogP contribution in [0, 0.1) is 59.9 Å². The molecule has 2 aromatic heterocycles. The second kappa shape index (κ2) is 25.5. The van der Waals surface area contributed by atoms with E-state index in [0.717, 1.165) is 42.1 Å². The van der Waals surface area contributed by atoms with Gasteiger partial charge in [-0.25, -0.2) is 22.9 Å². The lowest BCUT2D eigenvalue weighted by Crippen LogP contribution is -2.46. The number of ether oxygens (including phenoxy) is 4. The minimum atomic E-state index is -2.04. The Morgan fingerprint density at radius 2 is 1.57 bits per heavy atom. The van der Waals surface area contributed by atoms with Crippen LogP contribution in [0.1, 0.15) is 80.3 Å². The first-order valence-electron chi connectivity index (χ1n) is 29.0. The Kier molecular flexibility index (Phi) is 18.6. The number of aliphatic hydroxyl groups is 2. The number of halogens is 3. The number of piperazine rings is 1. The van der Waals surface area contributed by atoms with Crippen molar-refractivity contribution in [3.05, 3.63) is 117 Å². The number of carboxylic acids is 1. The first-order valence-corrected chi connectivity index (χ1v) is 29.0. The number of esters is 1. The number of Topliss-reactive ketones (excluding diaryl/α,β-unsaturated/α-hetero) is 1. The molecule has 5 aliphatic heterocycles. The highest BCUT2D eigenvalue weighted by Crippen LogP contribution is 2.55. The van der Waals surface area contributed by atoms with E-state index in [2.05, 4.69) is 20.3 Å². The number of ketones is 1. The fraction of sp³-hybridized carbons (Fsp3) is 0.444. The highest BCUT2D eigenvalue weighted by molar-refractivity contribution is 6.24. The van der Waals surface area contributed by atoms with Gasteiger partial charge < -0.3 is 70.4 Å². The number of aromatic carboxylic acids is 1. The van der Waals surface area contributed by atoms with Crippen molar-refractivity contribution in [3.8, 4) is 28.7 Å². The molecule has 5 bridgehead atoms. The quantitative estimate of drug-likeness (QED) is 0.0387. The normalized spacial score (nSPS) is 28.8. The van der Waals surface area contributed by atoms with Gasteiger partial charge in [-0.15, -0.1) is 0 Å². The molecule has 3 aromatic carbocycles. The molecule has 1 amide bonds. The SMILES string of the molecule is CO[C@H]1/C=C/O[C@@]2(C)Oc3c(C)c(O)c4c(O)c(c(/C=N\N5CCN(C)CC5)c(O)c4c3C2=O)NC(=O)/C(C)=C\C=C\[C@@H](C)[C@@H](O)[C@@H](C)[C@H](O)[C@H](C)[C@H](OC(C)=O)[C@@H]1C.NC1[C@H]2CN(c3nc4c(cc3F)c(=O)c(C(=O)O)cn4-c3ccc(F)cc3F)C[C@@H]12. The number of phenols is 3. The Bertz CT molecular complexity index is 3840. The van der Waals surface area contributed by atoms with Gasteiger partial charge in [0.1, 0.15) is 40.6 Å². The molecule has 6 aliphatic rings. The highest BCUT2D eigenvalue weighted by atomic mass is 19.1. The monoisotopic (exact) mass is 1240 g/mol. The number of nitrogens with two attached hydrogens (primary N) is 1. The number of rotatable bonds is 7. The van der Waals surface area contributed by atoms with Crippen molar-refractivity contribution in [2.75, 3.05) is 63.6 Å². The zero-order valence-corrected chi connectivity index (χ0v) is 50.7. The van der Waals surface area contributed by atoms with Gasteiger partial charge in [0, 0.05) is 119 Å². The molecule has 0 radical (unpaired) electrons. The summed E-state index contributed by atoms with van der Waals surface area (Å²) in [6, 6.07) is 3.69. The van der Waals surface area contributed by atoms with Crippen LogP contribution in [0.4, 0.5) is 24.7 Å². The maximum Gasteiger partial charge on any atom is 0.341 e. The number of hydrogen-bond acceptors (Lipinski definition) is 20. The van der Waals surface area contributed by atoms with E-state index in [9.17, 15) is 67.8 Å². The number of aromatic hydroxyl groups is 3. The molecule has 3 fully saturated rings. The van der Waals surface area contributed by atoms with E-state index in [4.69, 9.17) is 24.7 Å². The second-order valence-electron chi connectivity index (χ2n) is 23.7. The minimum absolute atomic E-state index is 0.0272. The zero-order valence-electron chi connectivity index (χ0n) is 50.7. The largest absolute Gasteiger partial charge is 0.507 e. The van der Waals surface area contributed by atoms with Crippen LogP contribution in [0.5, 0.6) is 23.0 Å². The number of allylic oxidation sites excluding steroid dienone is 2. The first kappa shape index (κ1) is 64.9. The van der Waals surface area contributed by atoms with Crippen LogP contribution in [0.3, 0.4) is 0 Å². The van der Waals surface area contributed by atoms with Crippen LogP contribution in [-0.2, 0) is 23.8 Å². The number of pyridine rings is 2. The van der Waals surface area contributed by atoms with Crippen molar-refractivity contribution in [1.29, 1.82) is 0 Å². The number of piperidine rings is 1. The van der Waals surface area contributed by atoms with Crippen LogP contribution in [0.2, 0.25) is 0 Å². The third-order valence-electron chi connectivity index (χ3n) is 17.7. The number of benzene rings is 3. The van der Waals surface area contributed by atoms with Crippen molar-refractivity contribution in [2.45, 2.75) is 91.6 Å². The molecule has 476 valence electrons. The van der Waals surface area contributed by atoms with E-state index in [1.54, 1.807) is 49.8 Å². The summed E-state index contributed by atoms with van der Waals surface area (Å²) in [5.41, 5.74) is 3.59. The number of fused-ring (bicyclic) bond motifs is 16. The van der Waals surface area contributed by atoms with E-state index >= 15 is 0 Å². The first-order chi connectivity index (χ1) is 42.0. The van der Waals surface area contributed by atoms with Crippen molar-refractivity contribution >= 4 is 63.2 Å². The molecule has 89 heavy (non-hydrogen) atoms. The molecule has 12 atom stereocenters. The number of nitrogens with one attached hydrogen (secondary N) is 1. The number of amides is 1. The van der Waals surface area contributed by atoms with Crippen LogP contribution in [-0.4, -0.2) is 170 Å². The third kappa shape index (κ3) is 12.5. The fourth-order valence-electron chi connectivity index (χ4n) is 12.1. The summed E-state index contributed by atoms with van der Waals surface area (Å²) in [7, 11) is 3.42.